The summed E-state index contributed by atoms with van der Waals surface area (Å²) >= 11 is 1.56. The molecule has 2 saturated heterocycles. The molecule has 0 saturated carbocycles. The van der Waals surface area contributed by atoms with E-state index in [1.165, 1.54) is 0 Å². The molecule has 0 aromatic heterocycles. The zero-order valence-corrected chi connectivity index (χ0v) is 13.3. The van der Waals surface area contributed by atoms with E-state index in [2.05, 4.69) is 5.32 Å². The summed E-state index contributed by atoms with van der Waals surface area (Å²) in [5.41, 5.74) is 0. The van der Waals surface area contributed by atoms with Gasteiger partial charge in [-0.3, -0.25) is 9.59 Å². The molecule has 0 bridgehead atoms. The monoisotopic (exact) mass is 300 g/mol. The first-order valence-corrected chi connectivity index (χ1v) is 8.15. The molecule has 2 fully saturated rings. The summed E-state index contributed by atoms with van der Waals surface area (Å²) < 4.78 is 4.74. The van der Waals surface area contributed by atoms with Crippen molar-refractivity contribution in [3.8, 4) is 0 Å². The smallest absolute Gasteiger partial charge is 0.246 e. The topological polar surface area (TPSA) is 58.6 Å². The van der Waals surface area contributed by atoms with Crippen LogP contribution in [0.15, 0.2) is 0 Å². The van der Waals surface area contributed by atoms with Gasteiger partial charge in [-0.1, -0.05) is 0 Å². The summed E-state index contributed by atoms with van der Waals surface area (Å²) in [6.07, 6.45) is 1.97. The van der Waals surface area contributed by atoms with Crippen LogP contribution >= 0.6 is 11.8 Å². The SMILES string of the molecule is COCC1CCN(C(=O)[C@@H]2CSC(C)(C)C(=O)N2)CC1. The van der Waals surface area contributed by atoms with Crippen LogP contribution in [-0.2, 0) is 14.3 Å². The van der Waals surface area contributed by atoms with Crippen molar-refractivity contribution in [2.75, 3.05) is 32.6 Å². The summed E-state index contributed by atoms with van der Waals surface area (Å²) in [7, 11) is 1.72. The van der Waals surface area contributed by atoms with Gasteiger partial charge in [0.1, 0.15) is 6.04 Å². The van der Waals surface area contributed by atoms with Gasteiger partial charge in [-0.25, -0.2) is 0 Å². The third kappa shape index (κ3) is 3.47. The van der Waals surface area contributed by atoms with Gasteiger partial charge >= 0.3 is 0 Å². The summed E-state index contributed by atoms with van der Waals surface area (Å²) in [4.78, 5) is 26.3. The molecule has 114 valence electrons. The van der Waals surface area contributed by atoms with E-state index in [-0.39, 0.29) is 17.9 Å². The fourth-order valence-electron chi connectivity index (χ4n) is 2.64. The summed E-state index contributed by atoms with van der Waals surface area (Å²) in [6.45, 7) is 6.10. The number of likely N-dealkylation sites (tertiary alicyclic amines) is 1. The number of thioether (sulfide) groups is 1. The van der Waals surface area contributed by atoms with Gasteiger partial charge in [0, 0.05) is 32.6 Å². The molecule has 2 aliphatic rings. The van der Waals surface area contributed by atoms with Crippen LogP contribution in [-0.4, -0.2) is 60.1 Å². The second-order valence-corrected chi connectivity index (χ2v) is 7.71. The maximum atomic E-state index is 12.4. The summed E-state index contributed by atoms with van der Waals surface area (Å²) in [5, 5.41) is 2.86. The van der Waals surface area contributed by atoms with Gasteiger partial charge in [-0.05, 0) is 32.6 Å². The van der Waals surface area contributed by atoms with Crippen molar-refractivity contribution >= 4 is 23.6 Å². The highest BCUT2D eigenvalue weighted by Gasteiger charge is 2.39. The minimum absolute atomic E-state index is 0.0404. The molecule has 2 amide bonds. The molecule has 5 nitrogen and oxygen atoms in total. The minimum Gasteiger partial charge on any atom is -0.384 e. The lowest BCUT2D eigenvalue weighted by atomic mass is 9.97. The molecule has 2 rings (SSSR count). The number of rotatable bonds is 3. The van der Waals surface area contributed by atoms with Crippen LogP contribution in [0.3, 0.4) is 0 Å². The molecule has 0 aromatic rings. The van der Waals surface area contributed by atoms with Crippen LogP contribution < -0.4 is 5.32 Å². The number of ether oxygens (including phenoxy) is 1. The lowest BCUT2D eigenvalue weighted by Gasteiger charge is -2.38. The van der Waals surface area contributed by atoms with Crippen LogP contribution in [0.25, 0.3) is 0 Å². The Morgan fingerprint density at radius 2 is 2.10 bits per heavy atom. The van der Waals surface area contributed by atoms with Crippen molar-refractivity contribution in [3.63, 3.8) is 0 Å². The normalized spacial score (nSPS) is 27.2. The van der Waals surface area contributed by atoms with Crippen molar-refractivity contribution in [3.05, 3.63) is 0 Å². The van der Waals surface area contributed by atoms with E-state index in [0.29, 0.717) is 11.7 Å². The van der Waals surface area contributed by atoms with Crippen LogP contribution in [0.4, 0.5) is 0 Å². The van der Waals surface area contributed by atoms with E-state index in [1.54, 1.807) is 18.9 Å². The molecule has 2 heterocycles. The molecular weight excluding hydrogens is 276 g/mol. The fraction of sp³-hybridized carbons (Fsp3) is 0.857. The number of carbonyl (C=O) groups is 2. The number of methoxy groups -OCH3 is 1. The maximum Gasteiger partial charge on any atom is 0.246 e. The van der Waals surface area contributed by atoms with Gasteiger partial charge < -0.3 is 15.0 Å². The van der Waals surface area contributed by atoms with Gasteiger partial charge in [-0.2, -0.15) is 0 Å². The second kappa shape index (κ2) is 6.35. The van der Waals surface area contributed by atoms with Gasteiger partial charge in [0.15, 0.2) is 0 Å². The molecule has 0 aromatic carbocycles. The average Bonchev–Trinajstić information content (AvgIpc) is 2.42. The Hall–Kier alpha value is -0.750. The van der Waals surface area contributed by atoms with Crippen molar-refractivity contribution in [1.29, 1.82) is 0 Å². The van der Waals surface area contributed by atoms with E-state index in [9.17, 15) is 9.59 Å². The maximum absolute atomic E-state index is 12.4. The van der Waals surface area contributed by atoms with E-state index in [0.717, 1.165) is 32.5 Å². The number of nitrogens with one attached hydrogen (secondary N) is 1. The number of piperidine rings is 1. The van der Waals surface area contributed by atoms with Gasteiger partial charge in [-0.15, -0.1) is 11.8 Å². The predicted octanol–water partition coefficient (Wildman–Crippen LogP) is 0.882. The quantitative estimate of drug-likeness (QED) is 0.841. The number of hydrogen-bond acceptors (Lipinski definition) is 4. The number of nitrogens with zero attached hydrogens (tertiary/aromatic N) is 1. The molecule has 0 unspecified atom stereocenters. The Labute approximate surface area is 124 Å². The summed E-state index contributed by atoms with van der Waals surface area (Å²) in [6, 6.07) is -0.362. The lowest BCUT2D eigenvalue weighted by Crippen LogP contribution is -2.58. The number of hydrogen-bond donors (Lipinski definition) is 1. The van der Waals surface area contributed by atoms with Crippen LogP contribution in [0.1, 0.15) is 26.7 Å². The molecule has 0 spiro atoms. The molecule has 0 aliphatic carbocycles. The minimum atomic E-state index is -0.428. The molecule has 20 heavy (non-hydrogen) atoms. The second-order valence-electron chi connectivity index (χ2n) is 6.07. The van der Waals surface area contributed by atoms with Gasteiger partial charge in [0.05, 0.1) is 4.75 Å². The highest BCUT2D eigenvalue weighted by Crippen LogP contribution is 2.30. The Morgan fingerprint density at radius 3 is 2.65 bits per heavy atom. The van der Waals surface area contributed by atoms with Crippen molar-refractivity contribution in [2.45, 2.75) is 37.5 Å². The Morgan fingerprint density at radius 1 is 1.45 bits per heavy atom. The highest BCUT2D eigenvalue weighted by atomic mass is 32.2. The van der Waals surface area contributed by atoms with E-state index >= 15 is 0 Å². The van der Waals surface area contributed by atoms with E-state index in [4.69, 9.17) is 4.74 Å². The van der Waals surface area contributed by atoms with E-state index < -0.39 is 4.75 Å². The Balaban J connectivity index is 1.85. The third-order valence-corrected chi connectivity index (χ3v) is 5.50. The van der Waals surface area contributed by atoms with Crippen molar-refractivity contribution in [2.24, 2.45) is 5.92 Å². The first-order valence-electron chi connectivity index (χ1n) is 7.16. The van der Waals surface area contributed by atoms with Gasteiger partial charge in [0.2, 0.25) is 11.8 Å². The predicted molar refractivity (Wildman–Crippen MR) is 79.6 cm³/mol. The molecule has 1 N–H and O–H groups in total. The third-order valence-electron chi connectivity index (χ3n) is 4.09. The van der Waals surface area contributed by atoms with Crippen molar-refractivity contribution in [1.82, 2.24) is 10.2 Å². The molecule has 2 aliphatic heterocycles. The van der Waals surface area contributed by atoms with Crippen molar-refractivity contribution < 1.29 is 14.3 Å². The Bertz CT molecular complexity index is 379. The largest absolute Gasteiger partial charge is 0.384 e. The molecule has 6 heteroatoms. The molecule has 0 radical (unpaired) electrons. The van der Waals surface area contributed by atoms with Crippen LogP contribution in [0.5, 0.6) is 0 Å². The van der Waals surface area contributed by atoms with Crippen LogP contribution in [0, 0.1) is 5.92 Å². The molecular formula is C14H24N2O3S. The molecule has 1 atom stereocenters. The zero-order valence-electron chi connectivity index (χ0n) is 12.5. The Kier molecular flexibility index (Phi) is 4.96. The first-order chi connectivity index (χ1) is 9.44. The lowest BCUT2D eigenvalue weighted by molar-refractivity contribution is -0.137. The van der Waals surface area contributed by atoms with E-state index in [1.807, 2.05) is 18.7 Å². The summed E-state index contributed by atoms with van der Waals surface area (Å²) in [5.74, 6) is 1.24. The fourth-order valence-corrected chi connectivity index (χ4v) is 3.64. The van der Waals surface area contributed by atoms with Gasteiger partial charge in [0.25, 0.3) is 0 Å². The highest BCUT2D eigenvalue weighted by molar-refractivity contribution is 8.01. The standard InChI is InChI=1S/C14H24N2O3S/c1-14(2)13(18)15-11(9-20-14)12(17)16-6-4-10(5-7-16)8-19-3/h10-11H,4-9H2,1-3H3,(H,15,18)/t11-/m0/s1. The average molecular weight is 300 g/mol. The first kappa shape index (κ1) is 15.6. The number of carbonyl (C=O) groups excluding carboxylic acids is 2. The zero-order chi connectivity index (χ0) is 14.8. The number of amides is 2. The van der Waals surface area contributed by atoms with Crippen LogP contribution in [0.2, 0.25) is 0 Å².